The first-order chi connectivity index (χ1) is 11.3. The largest absolute Gasteiger partial charge is 0.508 e. The van der Waals surface area contributed by atoms with Crippen LogP contribution in [-0.2, 0) is 17.1 Å². The van der Waals surface area contributed by atoms with E-state index in [0.29, 0.717) is 18.2 Å². The highest BCUT2D eigenvalue weighted by atomic mass is 32.2. The van der Waals surface area contributed by atoms with Crippen LogP contribution in [0.15, 0.2) is 35.4 Å². The van der Waals surface area contributed by atoms with E-state index in [0.717, 1.165) is 18.5 Å². The third-order valence-corrected chi connectivity index (χ3v) is 5.91. The van der Waals surface area contributed by atoms with Crippen molar-refractivity contribution in [3.05, 3.63) is 36.0 Å². The summed E-state index contributed by atoms with van der Waals surface area (Å²) >= 11 is 0. The monoisotopic (exact) mass is 349 g/mol. The summed E-state index contributed by atoms with van der Waals surface area (Å²) in [4.78, 5) is 0. The highest BCUT2D eigenvalue weighted by molar-refractivity contribution is 7.92. The molecule has 130 valence electrons. The highest BCUT2D eigenvalue weighted by Crippen LogP contribution is 2.40. The van der Waals surface area contributed by atoms with Crippen LogP contribution < -0.4 is 4.31 Å². The number of phenols is 1. The van der Waals surface area contributed by atoms with Crippen LogP contribution in [0.5, 0.6) is 5.75 Å². The van der Waals surface area contributed by atoms with Crippen LogP contribution in [0.2, 0.25) is 0 Å². The van der Waals surface area contributed by atoms with E-state index in [4.69, 9.17) is 0 Å². The lowest BCUT2D eigenvalue weighted by Crippen LogP contribution is -2.35. The topological polar surface area (TPSA) is 75.4 Å². The second-order valence-corrected chi connectivity index (χ2v) is 8.56. The maximum Gasteiger partial charge on any atom is 0.281 e. The zero-order valence-corrected chi connectivity index (χ0v) is 15.0. The molecule has 1 fully saturated rings. The quantitative estimate of drug-likeness (QED) is 0.870. The molecule has 0 atom stereocenters. The Kier molecular flexibility index (Phi) is 4.29. The Morgan fingerprint density at radius 1 is 1.33 bits per heavy atom. The zero-order chi connectivity index (χ0) is 17.5. The standard InChI is InChI=1S/C17H23N3O3S/c1-12(2)11-20(14-5-4-6-15(21)9-14)24(22,23)17-10-16(13-7-8-13)18-19(17)3/h4-6,9-10,12-13,21H,7-8,11H2,1-3H3. The number of aryl methyl sites for hydroxylation is 1. The van der Waals surface area contributed by atoms with E-state index in [2.05, 4.69) is 5.10 Å². The molecule has 3 rings (SSSR count). The first-order valence-corrected chi connectivity index (χ1v) is 9.58. The fourth-order valence-electron chi connectivity index (χ4n) is 2.73. The summed E-state index contributed by atoms with van der Waals surface area (Å²) in [7, 11) is -2.10. The highest BCUT2D eigenvalue weighted by Gasteiger charge is 2.33. The van der Waals surface area contributed by atoms with Gasteiger partial charge < -0.3 is 5.11 Å². The van der Waals surface area contributed by atoms with Gasteiger partial charge in [-0.1, -0.05) is 19.9 Å². The molecule has 0 radical (unpaired) electrons. The smallest absolute Gasteiger partial charge is 0.281 e. The normalized spacial score (nSPS) is 15.0. The van der Waals surface area contributed by atoms with E-state index in [1.165, 1.54) is 21.1 Å². The number of aromatic nitrogens is 2. The molecule has 1 N–H and O–H groups in total. The Bertz CT molecular complexity index is 839. The molecule has 0 aliphatic heterocycles. The summed E-state index contributed by atoms with van der Waals surface area (Å²) in [5.74, 6) is 0.567. The van der Waals surface area contributed by atoms with Crippen molar-refractivity contribution in [2.24, 2.45) is 13.0 Å². The Morgan fingerprint density at radius 2 is 2.04 bits per heavy atom. The molecule has 1 aromatic carbocycles. The van der Waals surface area contributed by atoms with Gasteiger partial charge in [0.2, 0.25) is 0 Å². The van der Waals surface area contributed by atoms with Crippen LogP contribution in [0.1, 0.15) is 38.3 Å². The lowest BCUT2D eigenvalue weighted by Gasteiger charge is -2.26. The fourth-order valence-corrected chi connectivity index (χ4v) is 4.48. The van der Waals surface area contributed by atoms with Gasteiger partial charge in [0.25, 0.3) is 10.0 Å². The molecule has 1 aliphatic carbocycles. The van der Waals surface area contributed by atoms with Gasteiger partial charge in [-0.3, -0.25) is 8.99 Å². The van der Waals surface area contributed by atoms with Crippen LogP contribution in [0.25, 0.3) is 0 Å². The van der Waals surface area contributed by atoms with E-state index >= 15 is 0 Å². The average molecular weight is 349 g/mol. The number of sulfonamides is 1. The van der Waals surface area contributed by atoms with Crippen molar-refractivity contribution in [2.45, 2.75) is 37.6 Å². The molecule has 0 bridgehead atoms. The van der Waals surface area contributed by atoms with Crippen LogP contribution in [0.3, 0.4) is 0 Å². The Balaban J connectivity index is 2.05. The van der Waals surface area contributed by atoms with E-state index in [1.54, 1.807) is 25.2 Å². The molecule has 0 unspecified atom stereocenters. The molecule has 1 aliphatic rings. The number of anilines is 1. The van der Waals surface area contributed by atoms with Gasteiger partial charge in [0.1, 0.15) is 5.75 Å². The molecular formula is C17H23N3O3S. The van der Waals surface area contributed by atoms with Gasteiger partial charge in [0.15, 0.2) is 5.03 Å². The second kappa shape index (κ2) is 6.12. The first-order valence-electron chi connectivity index (χ1n) is 8.14. The lowest BCUT2D eigenvalue weighted by molar-refractivity contribution is 0.475. The van der Waals surface area contributed by atoms with Gasteiger partial charge in [0, 0.05) is 31.6 Å². The number of hydrogen-bond acceptors (Lipinski definition) is 4. The van der Waals surface area contributed by atoms with Crippen molar-refractivity contribution >= 4 is 15.7 Å². The summed E-state index contributed by atoms with van der Waals surface area (Å²) in [6.07, 6.45) is 2.14. The van der Waals surface area contributed by atoms with Gasteiger partial charge in [-0.15, -0.1) is 0 Å². The summed E-state index contributed by atoms with van der Waals surface area (Å²) in [6.45, 7) is 4.25. The van der Waals surface area contributed by atoms with Crippen molar-refractivity contribution in [3.8, 4) is 5.75 Å². The van der Waals surface area contributed by atoms with Gasteiger partial charge in [-0.2, -0.15) is 13.5 Å². The van der Waals surface area contributed by atoms with Crippen molar-refractivity contribution < 1.29 is 13.5 Å². The minimum absolute atomic E-state index is 0.0418. The summed E-state index contributed by atoms with van der Waals surface area (Å²) in [5, 5.41) is 14.3. The van der Waals surface area contributed by atoms with Gasteiger partial charge >= 0.3 is 0 Å². The lowest BCUT2D eigenvalue weighted by atomic mass is 10.2. The van der Waals surface area contributed by atoms with Crippen LogP contribution in [0, 0.1) is 5.92 Å². The molecule has 1 saturated carbocycles. The van der Waals surface area contributed by atoms with E-state index in [-0.39, 0.29) is 16.7 Å². The molecule has 2 aromatic rings. The maximum atomic E-state index is 13.2. The predicted octanol–water partition coefficient (Wildman–Crippen LogP) is 2.85. The molecule has 0 spiro atoms. The molecule has 0 amide bonds. The Hall–Kier alpha value is -2.02. The molecule has 7 heteroatoms. The van der Waals surface area contributed by atoms with Crippen molar-refractivity contribution in [1.82, 2.24) is 9.78 Å². The summed E-state index contributed by atoms with van der Waals surface area (Å²) in [6, 6.07) is 8.02. The molecule has 0 saturated heterocycles. The number of aromatic hydroxyl groups is 1. The summed E-state index contributed by atoms with van der Waals surface area (Å²) < 4.78 is 29.3. The van der Waals surface area contributed by atoms with Crippen LogP contribution in [-0.4, -0.2) is 29.8 Å². The third kappa shape index (κ3) is 3.26. The summed E-state index contributed by atoms with van der Waals surface area (Å²) in [5.41, 5.74) is 1.30. The van der Waals surface area contributed by atoms with Gasteiger partial charge in [0.05, 0.1) is 11.4 Å². The van der Waals surface area contributed by atoms with E-state index < -0.39 is 10.0 Å². The SMILES string of the molecule is CC(C)CN(c1cccc(O)c1)S(=O)(=O)c1cc(C2CC2)nn1C. The third-order valence-electron chi connectivity index (χ3n) is 4.05. The van der Waals surface area contributed by atoms with Gasteiger partial charge in [-0.25, -0.2) is 0 Å². The van der Waals surface area contributed by atoms with E-state index in [1.807, 2.05) is 13.8 Å². The molecule has 24 heavy (non-hydrogen) atoms. The molecular weight excluding hydrogens is 326 g/mol. The van der Waals surface area contributed by atoms with Crippen molar-refractivity contribution in [3.63, 3.8) is 0 Å². The van der Waals surface area contributed by atoms with E-state index in [9.17, 15) is 13.5 Å². The number of benzene rings is 1. The van der Waals surface area contributed by atoms with Crippen LogP contribution >= 0.6 is 0 Å². The number of nitrogens with zero attached hydrogens (tertiary/aromatic N) is 3. The predicted molar refractivity (Wildman–Crippen MR) is 92.7 cm³/mol. The van der Waals surface area contributed by atoms with Crippen LogP contribution in [0.4, 0.5) is 5.69 Å². The number of hydrogen-bond donors (Lipinski definition) is 1. The Morgan fingerprint density at radius 3 is 2.62 bits per heavy atom. The number of phenolic OH excluding ortho intramolecular Hbond substituents is 1. The minimum atomic E-state index is -3.76. The van der Waals surface area contributed by atoms with Crippen molar-refractivity contribution in [1.29, 1.82) is 0 Å². The average Bonchev–Trinajstić information content (AvgIpc) is 3.27. The number of rotatable bonds is 6. The molecule has 1 aromatic heterocycles. The minimum Gasteiger partial charge on any atom is -0.508 e. The zero-order valence-electron chi connectivity index (χ0n) is 14.2. The molecule has 6 nitrogen and oxygen atoms in total. The van der Waals surface area contributed by atoms with Crippen molar-refractivity contribution in [2.75, 3.05) is 10.8 Å². The molecule has 1 heterocycles. The fraction of sp³-hybridized carbons (Fsp3) is 0.471. The first kappa shape index (κ1) is 16.8. The Labute approximate surface area is 142 Å². The second-order valence-electron chi connectivity index (χ2n) is 6.76. The maximum absolute atomic E-state index is 13.2. The van der Waals surface area contributed by atoms with Gasteiger partial charge in [-0.05, 0) is 30.9 Å².